The average Bonchev–Trinajstić information content (AvgIpc) is 2.48. The van der Waals surface area contributed by atoms with Gasteiger partial charge in [0.1, 0.15) is 0 Å². The summed E-state index contributed by atoms with van der Waals surface area (Å²) >= 11 is 17.6. The molecule has 4 nitrogen and oxygen atoms in total. The van der Waals surface area contributed by atoms with Gasteiger partial charge in [0, 0.05) is 0 Å². The normalized spacial score (nSPS) is 14.7. The maximum Gasteiger partial charge on any atom is 0.287 e. The SMILES string of the molecule is Cc1c(Cl)c(Cl)c2c(c1Cl)C(=O)N(O)C2=O. The number of imide groups is 1. The summed E-state index contributed by atoms with van der Waals surface area (Å²) in [5, 5.41) is 9.21. The first-order valence-electron chi connectivity index (χ1n) is 4.12. The molecule has 0 saturated carbocycles. The highest BCUT2D eigenvalue weighted by Crippen LogP contribution is 2.41. The highest BCUT2D eigenvalue weighted by atomic mass is 35.5. The fourth-order valence-electron chi connectivity index (χ4n) is 1.48. The number of nitrogens with zero attached hydrogens (tertiary/aromatic N) is 1. The zero-order chi connectivity index (χ0) is 12.2. The van der Waals surface area contributed by atoms with Crippen LogP contribution in [0.1, 0.15) is 26.3 Å². The van der Waals surface area contributed by atoms with Crippen molar-refractivity contribution >= 4 is 46.6 Å². The highest BCUT2D eigenvalue weighted by Gasteiger charge is 2.40. The fourth-order valence-corrected chi connectivity index (χ4v) is 2.31. The van der Waals surface area contributed by atoms with Crippen molar-refractivity contribution in [1.82, 2.24) is 5.06 Å². The molecule has 0 bridgehead atoms. The number of amides is 2. The second-order valence-corrected chi connectivity index (χ2v) is 4.37. The third-order valence-corrected chi connectivity index (χ3v) is 3.77. The predicted octanol–water partition coefficient (Wildman–Crippen LogP) is 2.94. The van der Waals surface area contributed by atoms with E-state index in [4.69, 9.17) is 34.8 Å². The van der Waals surface area contributed by atoms with Crippen LogP contribution in [0.2, 0.25) is 15.1 Å². The summed E-state index contributed by atoms with van der Waals surface area (Å²) in [6.45, 7) is 1.56. The van der Waals surface area contributed by atoms with Crippen molar-refractivity contribution < 1.29 is 14.8 Å². The molecule has 0 unspecified atom stereocenters. The van der Waals surface area contributed by atoms with Gasteiger partial charge in [-0.3, -0.25) is 14.8 Å². The molecule has 0 radical (unpaired) electrons. The second kappa shape index (κ2) is 3.60. The van der Waals surface area contributed by atoms with Crippen LogP contribution < -0.4 is 0 Å². The predicted molar refractivity (Wildman–Crippen MR) is 58.5 cm³/mol. The number of carbonyl (C=O) groups is 2. The molecule has 0 atom stereocenters. The lowest BCUT2D eigenvalue weighted by Gasteiger charge is -2.07. The van der Waals surface area contributed by atoms with E-state index < -0.39 is 11.8 Å². The zero-order valence-electron chi connectivity index (χ0n) is 7.84. The lowest BCUT2D eigenvalue weighted by molar-refractivity contribution is -0.0327. The van der Waals surface area contributed by atoms with Gasteiger partial charge in [-0.1, -0.05) is 34.8 Å². The summed E-state index contributed by atoms with van der Waals surface area (Å²) in [5.41, 5.74) is 0.124. The molecule has 1 aromatic rings. The van der Waals surface area contributed by atoms with Gasteiger partial charge in [-0.2, -0.15) is 0 Å². The van der Waals surface area contributed by atoms with Gasteiger partial charge in [0.25, 0.3) is 11.8 Å². The van der Waals surface area contributed by atoms with Crippen LogP contribution in [-0.2, 0) is 0 Å². The third-order valence-electron chi connectivity index (χ3n) is 2.35. The maximum absolute atomic E-state index is 11.5. The Morgan fingerprint density at radius 1 is 0.938 bits per heavy atom. The number of hydrogen-bond donors (Lipinski definition) is 1. The number of rotatable bonds is 0. The Hall–Kier alpha value is -0.810. The Labute approximate surface area is 105 Å². The van der Waals surface area contributed by atoms with Gasteiger partial charge in [-0.25, -0.2) is 0 Å². The topological polar surface area (TPSA) is 57.6 Å². The Balaban J connectivity index is 2.91. The van der Waals surface area contributed by atoms with Gasteiger partial charge in [0.2, 0.25) is 0 Å². The Morgan fingerprint density at radius 2 is 1.38 bits per heavy atom. The van der Waals surface area contributed by atoms with E-state index in [9.17, 15) is 14.8 Å². The minimum Gasteiger partial charge on any atom is -0.278 e. The molecule has 2 rings (SSSR count). The van der Waals surface area contributed by atoms with Crippen LogP contribution in [-0.4, -0.2) is 22.1 Å². The van der Waals surface area contributed by atoms with Crippen LogP contribution in [0.4, 0.5) is 0 Å². The number of fused-ring (bicyclic) bond motifs is 1. The first-order chi connectivity index (χ1) is 7.37. The largest absolute Gasteiger partial charge is 0.287 e. The van der Waals surface area contributed by atoms with E-state index >= 15 is 0 Å². The molecule has 1 aliphatic rings. The molecule has 16 heavy (non-hydrogen) atoms. The van der Waals surface area contributed by atoms with Crippen molar-refractivity contribution in [2.45, 2.75) is 6.92 Å². The van der Waals surface area contributed by atoms with Crippen LogP contribution in [0.25, 0.3) is 0 Å². The van der Waals surface area contributed by atoms with Crippen LogP contribution >= 0.6 is 34.8 Å². The maximum atomic E-state index is 11.5. The van der Waals surface area contributed by atoms with Gasteiger partial charge in [-0.05, 0) is 12.5 Å². The standard InChI is InChI=1S/C9H4Cl3NO3/c1-2-5(10)3-4(7(12)6(2)11)9(15)13(16)8(3)14/h16H,1H3. The van der Waals surface area contributed by atoms with Crippen LogP contribution in [0, 0.1) is 6.92 Å². The molecule has 1 aliphatic heterocycles. The molecule has 0 saturated heterocycles. The number of halogens is 3. The van der Waals surface area contributed by atoms with Crippen molar-refractivity contribution in [2.75, 3.05) is 0 Å². The molecule has 1 heterocycles. The molecule has 84 valence electrons. The molecule has 0 spiro atoms. The third kappa shape index (κ3) is 1.28. The van der Waals surface area contributed by atoms with Gasteiger partial charge in [0.15, 0.2) is 0 Å². The number of hydrogen-bond acceptors (Lipinski definition) is 3. The van der Waals surface area contributed by atoms with Crippen molar-refractivity contribution in [3.8, 4) is 0 Å². The van der Waals surface area contributed by atoms with E-state index in [2.05, 4.69) is 0 Å². The number of hydroxylamine groups is 2. The molecule has 0 aliphatic carbocycles. The molecule has 1 N–H and O–H groups in total. The summed E-state index contributed by atoms with van der Waals surface area (Å²) in [7, 11) is 0. The smallest absolute Gasteiger partial charge is 0.278 e. The Bertz CT molecular complexity index is 495. The first-order valence-corrected chi connectivity index (χ1v) is 5.26. The van der Waals surface area contributed by atoms with Crippen LogP contribution in [0.15, 0.2) is 0 Å². The minimum absolute atomic E-state index is 0.0271. The summed E-state index contributed by atoms with van der Waals surface area (Å²) in [6, 6.07) is 0. The average molecular weight is 280 g/mol. The van der Waals surface area contributed by atoms with Gasteiger partial charge in [-0.15, -0.1) is 5.06 Å². The minimum atomic E-state index is -0.922. The van der Waals surface area contributed by atoms with E-state index in [1.807, 2.05) is 0 Å². The van der Waals surface area contributed by atoms with Crippen molar-refractivity contribution in [1.29, 1.82) is 0 Å². The molecule has 7 heteroatoms. The van der Waals surface area contributed by atoms with Crippen molar-refractivity contribution in [3.63, 3.8) is 0 Å². The van der Waals surface area contributed by atoms with E-state index in [1.54, 1.807) is 6.92 Å². The van der Waals surface area contributed by atoms with Crippen LogP contribution in [0.3, 0.4) is 0 Å². The molecule has 2 amide bonds. The summed E-state index contributed by atoms with van der Waals surface area (Å²) in [5.74, 6) is -1.82. The molecule has 0 aromatic heterocycles. The lowest BCUT2D eigenvalue weighted by Crippen LogP contribution is -2.25. The second-order valence-electron chi connectivity index (χ2n) is 3.24. The zero-order valence-corrected chi connectivity index (χ0v) is 10.1. The molecule has 1 aromatic carbocycles. The molecular formula is C9H4Cl3NO3. The quantitative estimate of drug-likeness (QED) is 0.451. The van der Waals surface area contributed by atoms with Gasteiger partial charge < -0.3 is 0 Å². The summed E-state index contributed by atoms with van der Waals surface area (Å²) in [4.78, 5) is 23.0. The monoisotopic (exact) mass is 279 g/mol. The number of benzene rings is 1. The number of carbonyl (C=O) groups excluding carboxylic acids is 2. The summed E-state index contributed by atoms with van der Waals surface area (Å²) in [6.07, 6.45) is 0. The van der Waals surface area contributed by atoms with Crippen LogP contribution in [0.5, 0.6) is 0 Å². The molecular weight excluding hydrogens is 276 g/mol. The summed E-state index contributed by atoms with van der Waals surface area (Å²) < 4.78 is 0. The van der Waals surface area contributed by atoms with Crippen molar-refractivity contribution in [2.24, 2.45) is 0 Å². The Kier molecular flexibility index (Phi) is 2.62. The van der Waals surface area contributed by atoms with E-state index in [1.165, 1.54) is 0 Å². The van der Waals surface area contributed by atoms with Crippen molar-refractivity contribution in [3.05, 3.63) is 31.8 Å². The lowest BCUT2D eigenvalue weighted by atomic mass is 10.1. The fraction of sp³-hybridized carbons (Fsp3) is 0.111. The van der Waals surface area contributed by atoms with E-state index in [0.29, 0.717) is 5.56 Å². The first kappa shape index (κ1) is 11.7. The van der Waals surface area contributed by atoms with Gasteiger partial charge in [0.05, 0.1) is 26.2 Å². The molecule has 0 fully saturated rings. The Morgan fingerprint density at radius 3 is 1.88 bits per heavy atom. The van der Waals surface area contributed by atoms with E-state index in [0.717, 1.165) is 0 Å². The highest BCUT2D eigenvalue weighted by molar-refractivity contribution is 6.48. The van der Waals surface area contributed by atoms with Gasteiger partial charge >= 0.3 is 0 Å². The van der Waals surface area contributed by atoms with E-state index in [-0.39, 0.29) is 31.3 Å².